The molecule has 0 atom stereocenters. The van der Waals surface area contributed by atoms with Crippen molar-refractivity contribution in [3.05, 3.63) is 231 Å². The van der Waals surface area contributed by atoms with Crippen molar-refractivity contribution >= 4 is 81.1 Å². The van der Waals surface area contributed by atoms with Gasteiger partial charge >= 0.3 is 0 Å². The van der Waals surface area contributed by atoms with E-state index in [0.29, 0.717) is 0 Å². The molecule has 61 heavy (non-hydrogen) atoms. The predicted octanol–water partition coefficient (Wildman–Crippen LogP) is 16.8. The molecule has 0 fully saturated rings. The van der Waals surface area contributed by atoms with Crippen molar-refractivity contribution in [3.8, 4) is 39.1 Å². The molecule has 0 saturated carbocycles. The van der Waals surface area contributed by atoms with E-state index >= 15 is 0 Å². The summed E-state index contributed by atoms with van der Waals surface area (Å²) in [5, 5.41) is 7.57. The highest BCUT2D eigenvalue weighted by Gasteiger charge is 2.21. The lowest BCUT2D eigenvalue weighted by Gasteiger charge is -2.29. The van der Waals surface area contributed by atoms with Crippen molar-refractivity contribution in [1.82, 2.24) is 4.57 Å². The van der Waals surface area contributed by atoms with E-state index < -0.39 is 0 Å². The van der Waals surface area contributed by atoms with Gasteiger partial charge in [-0.1, -0.05) is 182 Å². The van der Waals surface area contributed by atoms with Crippen LogP contribution in [0.3, 0.4) is 0 Å². The maximum atomic E-state index is 2.45. The Labute approximate surface area is 358 Å². The lowest BCUT2D eigenvalue weighted by Crippen LogP contribution is -2.11. The molecule has 0 N–H and O–H groups in total. The normalized spacial score (nSPS) is 11.6. The number of anilines is 3. The van der Waals surface area contributed by atoms with Crippen molar-refractivity contribution in [2.45, 2.75) is 0 Å². The number of rotatable bonds is 7. The van der Waals surface area contributed by atoms with Gasteiger partial charge in [0.1, 0.15) is 0 Å². The third-order valence-electron chi connectivity index (χ3n) is 12.2. The minimum atomic E-state index is 1.10. The van der Waals surface area contributed by atoms with Crippen molar-refractivity contribution in [3.63, 3.8) is 0 Å². The monoisotopic (exact) mass is 794 g/mol. The van der Waals surface area contributed by atoms with Crippen LogP contribution in [-0.4, -0.2) is 4.57 Å². The van der Waals surface area contributed by atoms with Gasteiger partial charge in [-0.15, -0.1) is 11.3 Å². The average molecular weight is 795 g/mol. The maximum absolute atomic E-state index is 2.45. The number of para-hydroxylation sites is 4. The molecule has 2 aromatic heterocycles. The van der Waals surface area contributed by atoms with Gasteiger partial charge in [0.05, 0.1) is 28.1 Å². The Balaban J connectivity index is 0.950. The molecular weight excluding hydrogens is 757 g/mol. The van der Waals surface area contributed by atoms with Gasteiger partial charge < -0.3 is 9.47 Å². The van der Waals surface area contributed by atoms with Gasteiger partial charge in [-0.3, -0.25) is 0 Å². The molecule has 0 unspecified atom stereocenters. The molecule has 12 rings (SSSR count). The summed E-state index contributed by atoms with van der Waals surface area (Å²) in [5.41, 5.74) is 14.2. The first-order chi connectivity index (χ1) is 30.3. The lowest BCUT2D eigenvalue weighted by atomic mass is 9.97. The first-order valence-electron chi connectivity index (χ1n) is 20.8. The van der Waals surface area contributed by atoms with Gasteiger partial charge in [-0.05, 0) is 70.6 Å². The van der Waals surface area contributed by atoms with Gasteiger partial charge in [-0.2, -0.15) is 0 Å². The van der Waals surface area contributed by atoms with Gasteiger partial charge in [0, 0.05) is 58.7 Å². The molecule has 3 heteroatoms. The molecule has 10 aromatic carbocycles. The molecule has 2 nitrogen and oxygen atoms in total. The molecule has 12 aromatic rings. The quantitative estimate of drug-likeness (QED) is 0.156. The first kappa shape index (κ1) is 35.2. The van der Waals surface area contributed by atoms with Gasteiger partial charge in [0.25, 0.3) is 0 Å². The summed E-state index contributed by atoms with van der Waals surface area (Å²) in [7, 11) is 0. The minimum Gasteiger partial charge on any atom is -0.309 e. The highest BCUT2D eigenvalue weighted by molar-refractivity contribution is 7.26. The summed E-state index contributed by atoms with van der Waals surface area (Å²) >= 11 is 1.88. The summed E-state index contributed by atoms with van der Waals surface area (Å²) in [5.74, 6) is 0. The molecule has 0 aliphatic rings. The maximum Gasteiger partial charge on any atom is 0.0541 e. The number of nitrogens with zero attached hydrogens (tertiary/aromatic N) is 2. The van der Waals surface area contributed by atoms with Crippen molar-refractivity contribution in [1.29, 1.82) is 0 Å². The Bertz CT molecular complexity index is 3530. The summed E-state index contributed by atoms with van der Waals surface area (Å²) in [4.78, 5) is 2.45. The zero-order chi connectivity index (χ0) is 40.3. The number of benzene rings is 10. The Morgan fingerprint density at radius 3 is 1.61 bits per heavy atom. The van der Waals surface area contributed by atoms with E-state index in [2.05, 4.69) is 240 Å². The van der Waals surface area contributed by atoms with Crippen LogP contribution in [0.15, 0.2) is 231 Å². The second-order valence-corrected chi connectivity index (χ2v) is 16.7. The summed E-state index contributed by atoms with van der Waals surface area (Å²) in [6.45, 7) is 0. The van der Waals surface area contributed by atoms with Crippen LogP contribution in [0.2, 0.25) is 0 Å². The van der Waals surface area contributed by atoms with E-state index in [1.165, 1.54) is 91.8 Å². The Morgan fingerprint density at radius 2 is 0.836 bits per heavy atom. The van der Waals surface area contributed by atoms with Crippen molar-refractivity contribution < 1.29 is 0 Å². The summed E-state index contributed by atoms with van der Waals surface area (Å²) < 4.78 is 5.03. The van der Waals surface area contributed by atoms with Crippen LogP contribution in [0.1, 0.15) is 0 Å². The van der Waals surface area contributed by atoms with Crippen LogP contribution >= 0.6 is 11.3 Å². The van der Waals surface area contributed by atoms with Crippen LogP contribution in [0, 0.1) is 0 Å². The van der Waals surface area contributed by atoms with E-state index in [9.17, 15) is 0 Å². The summed E-state index contributed by atoms with van der Waals surface area (Å²) in [6, 6.07) is 84.1. The predicted molar refractivity (Wildman–Crippen MR) is 262 cm³/mol. The van der Waals surface area contributed by atoms with Crippen LogP contribution in [0.4, 0.5) is 17.1 Å². The molecule has 0 saturated heterocycles. The number of hydrogen-bond acceptors (Lipinski definition) is 2. The van der Waals surface area contributed by atoms with E-state index in [0.717, 1.165) is 17.1 Å². The second kappa shape index (κ2) is 14.5. The third-order valence-corrected chi connectivity index (χ3v) is 13.4. The molecule has 0 bridgehead atoms. The highest BCUT2D eigenvalue weighted by atomic mass is 32.1. The molecule has 0 aliphatic carbocycles. The van der Waals surface area contributed by atoms with E-state index in [1.807, 2.05) is 11.3 Å². The first-order valence-corrected chi connectivity index (χ1v) is 21.7. The topological polar surface area (TPSA) is 8.17 Å². The fourth-order valence-electron chi connectivity index (χ4n) is 9.41. The molecule has 286 valence electrons. The Kier molecular flexibility index (Phi) is 8.39. The van der Waals surface area contributed by atoms with Gasteiger partial charge in [0.2, 0.25) is 0 Å². The Morgan fingerprint density at radius 1 is 0.328 bits per heavy atom. The smallest absolute Gasteiger partial charge is 0.0541 e. The van der Waals surface area contributed by atoms with E-state index in [-0.39, 0.29) is 0 Å². The van der Waals surface area contributed by atoms with Crippen molar-refractivity contribution in [2.24, 2.45) is 0 Å². The number of hydrogen-bond donors (Lipinski definition) is 0. The molecule has 0 radical (unpaired) electrons. The average Bonchev–Trinajstić information content (AvgIpc) is 3.88. The SMILES string of the molecule is c1ccc(N(c2ccc(-c3ccc(-c4ccccc4-n4c5ccccc5c5ccccc54)cc3)cc2)c2cccc3ccccc23)c(-c2cccc3c2sc2ccccc23)c1. The second-order valence-electron chi connectivity index (χ2n) is 15.6. The summed E-state index contributed by atoms with van der Waals surface area (Å²) in [6.07, 6.45) is 0. The molecular formula is C58H38N2S. The van der Waals surface area contributed by atoms with Crippen LogP contribution in [0.25, 0.3) is 91.8 Å². The zero-order valence-corrected chi connectivity index (χ0v) is 34.1. The Hall–Kier alpha value is -7.72. The van der Waals surface area contributed by atoms with Crippen LogP contribution < -0.4 is 4.90 Å². The lowest BCUT2D eigenvalue weighted by molar-refractivity contribution is 1.18. The number of thiophene rings is 1. The van der Waals surface area contributed by atoms with Gasteiger partial charge in [-0.25, -0.2) is 0 Å². The highest BCUT2D eigenvalue weighted by Crippen LogP contribution is 2.47. The van der Waals surface area contributed by atoms with E-state index in [4.69, 9.17) is 0 Å². The molecule has 0 spiro atoms. The third kappa shape index (κ3) is 5.85. The molecule has 0 amide bonds. The fraction of sp³-hybridized carbons (Fsp3) is 0. The largest absolute Gasteiger partial charge is 0.309 e. The fourth-order valence-corrected chi connectivity index (χ4v) is 10.6. The number of fused-ring (bicyclic) bond motifs is 7. The van der Waals surface area contributed by atoms with Crippen molar-refractivity contribution in [2.75, 3.05) is 4.90 Å². The minimum absolute atomic E-state index is 1.10. The van der Waals surface area contributed by atoms with E-state index in [1.54, 1.807) is 0 Å². The molecule has 0 aliphatic heterocycles. The zero-order valence-electron chi connectivity index (χ0n) is 33.2. The van der Waals surface area contributed by atoms with Gasteiger partial charge in [0.15, 0.2) is 0 Å². The van der Waals surface area contributed by atoms with Crippen LogP contribution in [-0.2, 0) is 0 Å². The van der Waals surface area contributed by atoms with Crippen LogP contribution in [0.5, 0.6) is 0 Å². The standard InChI is InChI=1S/C58H38N2S/c1-2-17-44-41(15-1)16-13-29-52(44)59(54-26-9-6-21-48(54)50-23-14-24-51-49-22-7-12-30-57(49)61-58(50)51)43-37-35-40(36-38-43)39-31-33-42(34-32-39)45-18-3-8-25-53(45)60-55-27-10-4-19-46(55)47-20-5-11-28-56(47)60/h1-38H. The molecule has 2 heterocycles. The number of aromatic nitrogens is 1.